The van der Waals surface area contributed by atoms with E-state index in [2.05, 4.69) is 20.6 Å². The number of hydrogen-bond donors (Lipinski definition) is 0. The van der Waals surface area contributed by atoms with E-state index < -0.39 is 0 Å². The predicted molar refractivity (Wildman–Crippen MR) is 82.5 cm³/mol. The van der Waals surface area contributed by atoms with Gasteiger partial charge in [0.25, 0.3) is 0 Å². The number of alkyl halides is 1. The highest BCUT2D eigenvalue weighted by Crippen LogP contribution is 2.19. The van der Waals surface area contributed by atoms with E-state index in [-0.39, 0.29) is 0 Å². The number of pyridine rings is 1. The lowest BCUT2D eigenvalue weighted by Gasteiger charge is -2.09. The molecule has 3 rings (SSSR count). The van der Waals surface area contributed by atoms with Crippen LogP contribution in [-0.4, -0.2) is 20.4 Å². The van der Waals surface area contributed by atoms with Crippen LogP contribution in [0.4, 0.5) is 0 Å². The van der Waals surface area contributed by atoms with Gasteiger partial charge in [-0.15, -0.1) is 11.6 Å². The van der Waals surface area contributed by atoms with Gasteiger partial charge in [-0.3, -0.25) is 4.98 Å². The fourth-order valence-corrected chi connectivity index (χ4v) is 2.68. The third kappa shape index (κ3) is 2.65. The summed E-state index contributed by atoms with van der Waals surface area (Å²) >= 11 is 11.9. The second kappa shape index (κ2) is 5.81. The topological polar surface area (TPSA) is 30.7 Å². The normalized spacial score (nSPS) is 11.1. The molecule has 102 valence electrons. The molecule has 2 aromatic heterocycles. The van der Waals surface area contributed by atoms with Crippen molar-refractivity contribution in [3.63, 3.8) is 0 Å². The van der Waals surface area contributed by atoms with E-state index in [4.69, 9.17) is 23.2 Å². The van der Waals surface area contributed by atoms with Crippen LogP contribution in [-0.2, 0) is 13.0 Å². The first-order chi connectivity index (χ1) is 9.78. The fraction of sp³-hybridized carbons (Fsp3) is 0.200. The molecule has 3 nitrogen and oxygen atoms in total. The highest BCUT2D eigenvalue weighted by Gasteiger charge is 2.10. The van der Waals surface area contributed by atoms with E-state index in [1.807, 2.05) is 24.3 Å². The molecule has 3 aromatic rings. The maximum Gasteiger partial charge on any atom is 0.111 e. The average molecular weight is 306 g/mol. The molecule has 0 atom stereocenters. The minimum absolute atomic E-state index is 0.548. The molecule has 0 bridgehead atoms. The molecule has 20 heavy (non-hydrogen) atoms. The van der Waals surface area contributed by atoms with E-state index in [1.165, 1.54) is 0 Å². The average Bonchev–Trinajstić information content (AvgIpc) is 2.78. The maximum atomic E-state index is 6.05. The van der Waals surface area contributed by atoms with Crippen LogP contribution < -0.4 is 0 Å². The summed E-state index contributed by atoms with van der Waals surface area (Å²) in [7, 11) is 0. The third-order valence-electron chi connectivity index (χ3n) is 3.18. The van der Waals surface area contributed by atoms with E-state index in [0.717, 1.165) is 40.4 Å². The molecule has 0 saturated carbocycles. The van der Waals surface area contributed by atoms with Crippen molar-refractivity contribution in [1.82, 2.24) is 14.5 Å². The number of aromatic nitrogens is 3. The number of fused-ring (bicyclic) bond motifs is 1. The first-order valence-corrected chi connectivity index (χ1v) is 7.28. The van der Waals surface area contributed by atoms with Gasteiger partial charge in [0.15, 0.2) is 0 Å². The van der Waals surface area contributed by atoms with Gasteiger partial charge in [0, 0.05) is 30.1 Å². The predicted octanol–water partition coefficient (Wildman–Crippen LogP) is 3.91. The molecular formula is C15H13Cl2N3. The Balaban J connectivity index is 2.06. The van der Waals surface area contributed by atoms with Gasteiger partial charge in [-0.1, -0.05) is 23.7 Å². The number of nitrogens with zero attached hydrogens (tertiary/aromatic N) is 3. The first kappa shape index (κ1) is 13.4. The Labute approximate surface area is 127 Å². The minimum atomic E-state index is 0.548. The molecule has 0 unspecified atom stereocenters. The second-order valence-electron chi connectivity index (χ2n) is 4.55. The van der Waals surface area contributed by atoms with E-state index >= 15 is 0 Å². The molecular weight excluding hydrogens is 293 g/mol. The Morgan fingerprint density at radius 1 is 1.20 bits per heavy atom. The third-order valence-corrected chi connectivity index (χ3v) is 3.60. The Morgan fingerprint density at radius 3 is 2.90 bits per heavy atom. The number of hydrogen-bond acceptors (Lipinski definition) is 2. The molecule has 0 saturated heterocycles. The summed E-state index contributed by atoms with van der Waals surface area (Å²) in [6.07, 6.45) is 4.29. The maximum absolute atomic E-state index is 6.05. The number of halogens is 2. The van der Waals surface area contributed by atoms with Crippen LogP contribution >= 0.6 is 23.2 Å². The first-order valence-electron chi connectivity index (χ1n) is 6.37. The molecule has 0 spiro atoms. The van der Waals surface area contributed by atoms with Crippen LogP contribution in [0.15, 0.2) is 42.7 Å². The Hall–Kier alpha value is -1.58. The Kier molecular flexibility index (Phi) is 3.90. The van der Waals surface area contributed by atoms with E-state index in [1.54, 1.807) is 12.4 Å². The van der Waals surface area contributed by atoms with Gasteiger partial charge in [-0.05, 0) is 23.8 Å². The summed E-state index contributed by atoms with van der Waals surface area (Å²) in [6.45, 7) is 0.729. The van der Waals surface area contributed by atoms with Crippen LogP contribution in [0.25, 0.3) is 11.0 Å². The van der Waals surface area contributed by atoms with Crippen molar-refractivity contribution >= 4 is 34.2 Å². The van der Waals surface area contributed by atoms with Crippen molar-refractivity contribution in [2.45, 2.75) is 13.0 Å². The van der Waals surface area contributed by atoms with Gasteiger partial charge in [-0.2, -0.15) is 0 Å². The zero-order valence-corrected chi connectivity index (χ0v) is 12.3. The summed E-state index contributed by atoms with van der Waals surface area (Å²) in [4.78, 5) is 8.72. The van der Waals surface area contributed by atoms with Crippen LogP contribution in [0.3, 0.4) is 0 Å². The van der Waals surface area contributed by atoms with Crippen molar-refractivity contribution in [1.29, 1.82) is 0 Å². The highest BCUT2D eigenvalue weighted by molar-refractivity contribution is 6.30. The molecule has 2 heterocycles. The minimum Gasteiger partial charge on any atom is -0.323 e. The zero-order chi connectivity index (χ0) is 13.9. The van der Waals surface area contributed by atoms with E-state index in [0.29, 0.717) is 5.88 Å². The van der Waals surface area contributed by atoms with Crippen LogP contribution in [0.1, 0.15) is 11.4 Å². The number of rotatable bonds is 4. The van der Waals surface area contributed by atoms with Crippen LogP contribution in [0.5, 0.6) is 0 Å². The quantitative estimate of drug-likeness (QED) is 0.684. The summed E-state index contributed by atoms with van der Waals surface area (Å²) < 4.78 is 2.17. The summed E-state index contributed by atoms with van der Waals surface area (Å²) in [5.74, 6) is 1.52. The van der Waals surface area contributed by atoms with Gasteiger partial charge in [0.1, 0.15) is 11.3 Å². The van der Waals surface area contributed by atoms with Gasteiger partial charge in [-0.25, -0.2) is 4.98 Å². The largest absolute Gasteiger partial charge is 0.323 e. The molecule has 0 amide bonds. The van der Waals surface area contributed by atoms with E-state index in [9.17, 15) is 0 Å². The number of benzene rings is 1. The lowest BCUT2D eigenvalue weighted by atomic mass is 10.2. The number of aryl methyl sites for hydroxylation is 1. The van der Waals surface area contributed by atoms with Gasteiger partial charge in [0.05, 0.1) is 11.7 Å². The van der Waals surface area contributed by atoms with Crippen LogP contribution in [0, 0.1) is 0 Å². The molecule has 0 fully saturated rings. The molecule has 1 aromatic carbocycles. The lowest BCUT2D eigenvalue weighted by molar-refractivity contribution is 0.754. The Bertz CT molecular complexity index is 737. The second-order valence-corrected chi connectivity index (χ2v) is 5.36. The van der Waals surface area contributed by atoms with Crippen molar-refractivity contribution in [3.05, 3.63) is 59.1 Å². The molecule has 0 radical (unpaired) electrons. The summed E-state index contributed by atoms with van der Waals surface area (Å²) in [6, 6.07) is 9.84. The zero-order valence-electron chi connectivity index (χ0n) is 10.8. The number of imidazole rings is 1. The standard InChI is InChI=1S/C15H13Cl2N3/c16-6-4-15-19-13-9-18-7-5-14(13)20(15)10-11-2-1-3-12(17)8-11/h1-3,5,7-9H,4,6,10H2. The van der Waals surface area contributed by atoms with Crippen LogP contribution in [0.2, 0.25) is 5.02 Å². The van der Waals surface area contributed by atoms with Gasteiger partial charge < -0.3 is 4.57 Å². The molecule has 0 aliphatic rings. The van der Waals surface area contributed by atoms with Crippen molar-refractivity contribution in [2.24, 2.45) is 0 Å². The Morgan fingerprint density at radius 2 is 2.10 bits per heavy atom. The monoisotopic (exact) mass is 305 g/mol. The molecule has 5 heteroatoms. The molecule has 0 aliphatic carbocycles. The summed E-state index contributed by atoms with van der Waals surface area (Å²) in [5.41, 5.74) is 3.11. The highest BCUT2D eigenvalue weighted by atomic mass is 35.5. The van der Waals surface area contributed by atoms with Crippen molar-refractivity contribution < 1.29 is 0 Å². The molecule has 0 N–H and O–H groups in total. The van der Waals surface area contributed by atoms with Crippen molar-refractivity contribution in [3.8, 4) is 0 Å². The SMILES string of the molecule is ClCCc1nc2cnccc2n1Cc1cccc(Cl)c1. The fourth-order valence-electron chi connectivity index (χ4n) is 2.30. The smallest absolute Gasteiger partial charge is 0.111 e. The van der Waals surface area contributed by atoms with Gasteiger partial charge in [0.2, 0.25) is 0 Å². The van der Waals surface area contributed by atoms with Gasteiger partial charge >= 0.3 is 0 Å². The molecule has 0 aliphatic heterocycles. The van der Waals surface area contributed by atoms with Crippen molar-refractivity contribution in [2.75, 3.05) is 5.88 Å². The lowest BCUT2D eigenvalue weighted by Crippen LogP contribution is -2.06. The summed E-state index contributed by atoms with van der Waals surface area (Å²) in [5, 5.41) is 0.743.